The van der Waals surface area contributed by atoms with Crippen molar-refractivity contribution in [2.24, 2.45) is 5.92 Å². The summed E-state index contributed by atoms with van der Waals surface area (Å²) in [6.45, 7) is 4.38. The second-order valence-corrected chi connectivity index (χ2v) is 8.17. The number of hydrogen-bond acceptors (Lipinski definition) is 4. The number of rotatable bonds is 9. The molecule has 0 atom stereocenters. The van der Waals surface area contributed by atoms with Crippen molar-refractivity contribution in [3.8, 4) is 0 Å². The number of thiophene rings is 1. The van der Waals surface area contributed by atoms with E-state index in [1.807, 2.05) is 0 Å². The molecule has 4 nitrogen and oxygen atoms in total. The fourth-order valence-corrected chi connectivity index (χ4v) is 4.54. The number of sulfonamides is 1. The average molecular weight is 316 g/mol. The van der Waals surface area contributed by atoms with Crippen LogP contribution in [0.5, 0.6) is 0 Å². The van der Waals surface area contributed by atoms with E-state index in [-0.39, 0.29) is 0 Å². The molecule has 0 unspecified atom stereocenters. The van der Waals surface area contributed by atoms with E-state index >= 15 is 0 Å². The van der Waals surface area contributed by atoms with Gasteiger partial charge in [0.2, 0.25) is 10.0 Å². The third-order valence-corrected chi connectivity index (χ3v) is 6.26. The first-order valence-corrected chi connectivity index (χ1v) is 9.76. The molecule has 1 saturated carbocycles. The minimum atomic E-state index is -3.32. The van der Waals surface area contributed by atoms with E-state index in [1.54, 1.807) is 11.4 Å². The van der Waals surface area contributed by atoms with Crippen molar-refractivity contribution in [1.29, 1.82) is 0 Å². The van der Waals surface area contributed by atoms with E-state index in [9.17, 15) is 8.42 Å². The highest BCUT2D eigenvalue weighted by Crippen LogP contribution is 2.29. The Hall–Kier alpha value is -0.430. The molecule has 0 radical (unpaired) electrons. The Balaban J connectivity index is 1.81. The molecule has 2 rings (SSSR count). The highest BCUT2D eigenvalue weighted by atomic mass is 32.2. The molecule has 2 N–H and O–H groups in total. The van der Waals surface area contributed by atoms with Crippen molar-refractivity contribution in [3.05, 3.63) is 16.3 Å². The smallest absolute Gasteiger partial charge is 0.241 e. The molecule has 0 aromatic carbocycles. The van der Waals surface area contributed by atoms with Gasteiger partial charge >= 0.3 is 0 Å². The molecule has 1 aromatic rings. The molecule has 0 saturated heterocycles. The van der Waals surface area contributed by atoms with Crippen molar-refractivity contribution in [2.45, 2.75) is 50.5 Å². The second-order valence-electron chi connectivity index (χ2n) is 5.41. The van der Waals surface area contributed by atoms with Gasteiger partial charge in [0.15, 0.2) is 0 Å². The molecule has 0 aliphatic heterocycles. The third kappa shape index (κ3) is 4.55. The maximum absolute atomic E-state index is 12.1. The van der Waals surface area contributed by atoms with Crippen LogP contribution >= 0.6 is 11.3 Å². The van der Waals surface area contributed by atoms with Crippen molar-refractivity contribution in [3.63, 3.8) is 0 Å². The number of nitrogens with one attached hydrogen (secondary N) is 2. The van der Waals surface area contributed by atoms with E-state index in [1.165, 1.54) is 30.6 Å². The molecule has 0 spiro atoms. The van der Waals surface area contributed by atoms with Crippen molar-refractivity contribution >= 4 is 21.4 Å². The Morgan fingerprint density at radius 3 is 2.80 bits per heavy atom. The average Bonchev–Trinajstić information content (AvgIpc) is 2.82. The van der Waals surface area contributed by atoms with Crippen molar-refractivity contribution in [2.75, 3.05) is 13.1 Å². The summed E-state index contributed by atoms with van der Waals surface area (Å²) in [5, 5.41) is 5.02. The fourth-order valence-electron chi connectivity index (χ4n) is 2.24. The van der Waals surface area contributed by atoms with Gasteiger partial charge in [-0.15, -0.1) is 11.3 Å². The van der Waals surface area contributed by atoms with E-state index < -0.39 is 10.0 Å². The van der Waals surface area contributed by atoms with Gasteiger partial charge in [-0.3, -0.25) is 0 Å². The van der Waals surface area contributed by atoms with Gasteiger partial charge < -0.3 is 5.32 Å². The first-order valence-electron chi connectivity index (χ1n) is 7.39. The van der Waals surface area contributed by atoms with E-state index in [4.69, 9.17) is 0 Å². The Bertz CT molecular complexity index is 507. The Morgan fingerprint density at radius 1 is 1.35 bits per heavy atom. The van der Waals surface area contributed by atoms with Gasteiger partial charge in [0.1, 0.15) is 0 Å². The largest absolute Gasteiger partial charge is 0.312 e. The minimum absolute atomic E-state index is 0.407. The SMILES string of the molecule is CCCNCc1cc(S(=O)(=O)NCCC2CCC2)cs1. The molecule has 1 aliphatic carbocycles. The molecule has 6 heteroatoms. The topological polar surface area (TPSA) is 58.2 Å². The number of hydrogen-bond donors (Lipinski definition) is 2. The first kappa shape index (κ1) is 15.9. The van der Waals surface area contributed by atoms with Gasteiger partial charge in [0.05, 0.1) is 4.90 Å². The van der Waals surface area contributed by atoms with Gasteiger partial charge in [-0.2, -0.15) is 0 Å². The molecule has 114 valence electrons. The summed E-state index contributed by atoms with van der Waals surface area (Å²) < 4.78 is 27.0. The van der Waals surface area contributed by atoms with Gasteiger partial charge in [-0.05, 0) is 31.4 Å². The van der Waals surface area contributed by atoms with Gasteiger partial charge in [0.25, 0.3) is 0 Å². The summed E-state index contributed by atoms with van der Waals surface area (Å²) in [4.78, 5) is 1.47. The Morgan fingerprint density at radius 2 is 2.15 bits per heavy atom. The molecule has 20 heavy (non-hydrogen) atoms. The lowest BCUT2D eigenvalue weighted by molar-refractivity contribution is 0.297. The predicted octanol–water partition coefficient (Wildman–Crippen LogP) is 2.72. The zero-order valence-electron chi connectivity index (χ0n) is 12.0. The van der Waals surface area contributed by atoms with Crippen molar-refractivity contribution < 1.29 is 8.42 Å². The Labute approximate surface area is 126 Å². The minimum Gasteiger partial charge on any atom is -0.312 e. The van der Waals surface area contributed by atoms with Gasteiger partial charge in [0, 0.05) is 23.3 Å². The van der Waals surface area contributed by atoms with Gasteiger partial charge in [-0.25, -0.2) is 13.1 Å². The van der Waals surface area contributed by atoms with Crippen LogP contribution in [-0.2, 0) is 16.6 Å². The summed E-state index contributed by atoms with van der Waals surface area (Å²) >= 11 is 1.50. The molecule has 1 aromatic heterocycles. The summed E-state index contributed by atoms with van der Waals surface area (Å²) in [6, 6.07) is 1.78. The summed E-state index contributed by atoms with van der Waals surface area (Å²) in [6.07, 6.45) is 5.87. The van der Waals surface area contributed by atoms with Gasteiger partial charge in [-0.1, -0.05) is 26.2 Å². The molecular weight excluding hydrogens is 292 g/mol. The zero-order valence-corrected chi connectivity index (χ0v) is 13.7. The van der Waals surface area contributed by atoms with Crippen LogP contribution in [0.4, 0.5) is 0 Å². The molecular formula is C14H24N2O2S2. The lowest BCUT2D eigenvalue weighted by Gasteiger charge is -2.24. The quantitative estimate of drug-likeness (QED) is 0.689. The summed E-state index contributed by atoms with van der Waals surface area (Å²) in [5.74, 6) is 0.731. The van der Waals surface area contributed by atoms with Crippen LogP contribution in [0, 0.1) is 5.92 Å². The molecule has 1 fully saturated rings. The Kier molecular flexibility index (Phi) is 6.01. The van der Waals surface area contributed by atoms with Crippen LogP contribution in [0.2, 0.25) is 0 Å². The highest BCUT2D eigenvalue weighted by Gasteiger charge is 2.19. The molecule has 0 amide bonds. The standard InChI is InChI=1S/C14H24N2O2S2/c1-2-7-15-10-13-9-14(11-19-13)20(17,18)16-8-6-12-4-3-5-12/h9,11-12,15-16H,2-8,10H2,1H3. The van der Waals surface area contributed by atoms with Crippen LogP contribution < -0.4 is 10.0 Å². The van der Waals surface area contributed by atoms with E-state index in [0.717, 1.165) is 36.7 Å². The summed E-state index contributed by atoms with van der Waals surface area (Å²) in [7, 11) is -3.32. The molecule has 1 heterocycles. The van der Waals surface area contributed by atoms with E-state index in [0.29, 0.717) is 11.4 Å². The molecule has 0 bridgehead atoms. The zero-order chi connectivity index (χ0) is 14.4. The first-order chi connectivity index (χ1) is 9.62. The second kappa shape index (κ2) is 7.54. The normalized spacial score (nSPS) is 16.2. The highest BCUT2D eigenvalue weighted by molar-refractivity contribution is 7.89. The predicted molar refractivity (Wildman–Crippen MR) is 83.5 cm³/mol. The summed E-state index contributed by atoms with van der Waals surface area (Å²) in [5.41, 5.74) is 0. The molecule has 1 aliphatic rings. The van der Waals surface area contributed by atoms with Crippen LogP contribution in [0.25, 0.3) is 0 Å². The maximum atomic E-state index is 12.1. The van der Waals surface area contributed by atoms with Crippen LogP contribution in [0.3, 0.4) is 0 Å². The van der Waals surface area contributed by atoms with Crippen LogP contribution in [0.15, 0.2) is 16.3 Å². The van der Waals surface area contributed by atoms with Crippen LogP contribution in [0.1, 0.15) is 43.9 Å². The fraction of sp³-hybridized carbons (Fsp3) is 0.714. The maximum Gasteiger partial charge on any atom is 0.241 e. The monoisotopic (exact) mass is 316 g/mol. The van der Waals surface area contributed by atoms with Crippen molar-refractivity contribution in [1.82, 2.24) is 10.0 Å². The third-order valence-electron chi connectivity index (χ3n) is 3.74. The van der Waals surface area contributed by atoms with Crippen LogP contribution in [-0.4, -0.2) is 21.5 Å². The van der Waals surface area contributed by atoms with E-state index in [2.05, 4.69) is 17.0 Å². The lowest BCUT2D eigenvalue weighted by atomic mass is 9.83. The lowest BCUT2D eigenvalue weighted by Crippen LogP contribution is -2.27.